The van der Waals surface area contributed by atoms with Crippen LogP contribution in [0.15, 0.2) is 27.2 Å². The van der Waals surface area contributed by atoms with Crippen molar-refractivity contribution in [2.45, 2.75) is 12.3 Å². The van der Waals surface area contributed by atoms with Gasteiger partial charge >= 0.3 is 0 Å². The Hall–Kier alpha value is -1.27. The van der Waals surface area contributed by atoms with E-state index in [0.29, 0.717) is 21.8 Å². The summed E-state index contributed by atoms with van der Waals surface area (Å²) in [5.74, 6) is 0.990. The first-order chi connectivity index (χ1) is 8.72. The van der Waals surface area contributed by atoms with Crippen molar-refractivity contribution in [1.29, 1.82) is 0 Å². The predicted molar refractivity (Wildman–Crippen MR) is 67.6 cm³/mol. The van der Waals surface area contributed by atoms with Gasteiger partial charge in [-0.05, 0) is 31.2 Å². The van der Waals surface area contributed by atoms with Crippen LogP contribution in [0.25, 0.3) is 11.4 Å². The minimum atomic E-state index is -0.326. The lowest BCUT2D eigenvalue weighted by molar-refractivity contribution is 0.359. The molecule has 18 heavy (non-hydrogen) atoms. The Balaban J connectivity index is 1.92. The van der Waals surface area contributed by atoms with Gasteiger partial charge in [-0.2, -0.15) is 4.98 Å². The summed E-state index contributed by atoms with van der Waals surface area (Å²) in [4.78, 5) is 4.34. The molecule has 1 fully saturated rings. The van der Waals surface area contributed by atoms with E-state index in [1.165, 1.54) is 12.1 Å². The fraction of sp³-hybridized carbons (Fsp3) is 0.333. The van der Waals surface area contributed by atoms with Crippen molar-refractivity contribution in [2.24, 2.45) is 0 Å². The summed E-state index contributed by atoms with van der Waals surface area (Å²) >= 11 is 3.25. The van der Waals surface area contributed by atoms with Crippen molar-refractivity contribution in [2.75, 3.05) is 13.1 Å². The second-order valence-electron chi connectivity index (χ2n) is 4.30. The Kier molecular flexibility index (Phi) is 3.13. The summed E-state index contributed by atoms with van der Waals surface area (Å²) in [5, 5.41) is 7.15. The molecule has 0 saturated carbocycles. The number of rotatable bonds is 2. The molecule has 2 heterocycles. The van der Waals surface area contributed by atoms with Gasteiger partial charge < -0.3 is 9.84 Å². The van der Waals surface area contributed by atoms with Crippen LogP contribution in [0.3, 0.4) is 0 Å². The molecule has 4 nitrogen and oxygen atoms in total. The smallest absolute Gasteiger partial charge is 0.231 e. The molecular formula is C12H11BrFN3O. The van der Waals surface area contributed by atoms with Gasteiger partial charge in [0.05, 0.1) is 5.92 Å². The highest BCUT2D eigenvalue weighted by Gasteiger charge is 2.23. The average molecular weight is 312 g/mol. The molecule has 0 bridgehead atoms. The molecule has 0 amide bonds. The van der Waals surface area contributed by atoms with Crippen LogP contribution >= 0.6 is 15.9 Å². The molecule has 3 rings (SSSR count). The van der Waals surface area contributed by atoms with Crippen LogP contribution in [0.5, 0.6) is 0 Å². The van der Waals surface area contributed by atoms with Crippen molar-refractivity contribution in [3.8, 4) is 11.4 Å². The van der Waals surface area contributed by atoms with Crippen molar-refractivity contribution in [3.63, 3.8) is 0 Å². The molecule has 2 aromatic rings. The maximum Gasteiger partial charge on any atom is 0.231 e. The highest BCUT2D eigenvalue weighted by molar-refractivity contribution is 9.10. The molecule has 0 radical (unpaired) electrons. The van der Waals surface area contributed by atoms with Gasteiger partial charge in [-0.15, -0.1) is 0 Å². The van der Waals surface area contributed by atoms with Crippen molar-refractivity contribution in [3.05, 3.63) is 34.4 Å². The Morgan fingerprint density at radius 3 is 3.00 bits per heavy atom. The fourth-order valence-electron chi connectivity index (χ4n) is 2.07. The molecule has 94 valence electrons. The number of benzene rings is 1. The van der Waals surface area contributed by atoms with Crippen LogP contribution in [0.1, 0.15) is 18.2 Å². The van der Waals surface area contributed by atoms with Gasteiger partial charge in [0, 0.05) is 16.6 Å². The molecule has 0 aliphatic carbocycles. The second kappa shape index (κ2) is 4.78. The summed E-state index contributed by atoms with van der Waals surface area (Å²) in [6.07, 6.45) is 0.995. The van der Waals surface area contributed by atoms with Gasteiger partial charge in [0.15, 0.2) is 0 Å². The fourth-order valence-corrected chi connectivity index (χ4v) is 2.53. The summed E-state index contributed by atoms with van der Waals surface area (Å²) < 4.78 is 19.2. The summed E-state index contributed by atoms with van der Waals surface area (Å²) in [6, 6.07) is 4.56. The predicted octanol–water partition coefficient (Wildman–Crippen LogP) is 2.72. The minimum absolute atomic E-state index is 0.267. The van der Waals surface area contributed by atoms with E-state index < -0.39 is 0 Å². The van der Waals surface area contributed by atoms with E-state index in [-0.39, 0.29) is 11.7 Å². The molecule has 0 spiro atoms. The van der Waals surface area contributed by atoms with Crippen LogP contribution in [0.4, 0.5) is 4.39 Å². The van der Waals surface area contributed by atoms with E-state index in [9.17, 15) is 4.39 Å². The van der Waals surface area contributed by atoms with Gasteiger partial charge in [-0.25, -0.2) is 4.39 Å². The van der Waals surface area contributed by atoms with Gasteiger partial charge in [0.2, 0.25) is 11.7 Å². The van der Waals surface area contributed by atoms with Crippen molar-refractivity contribution < 1.29 is 8.91 Å². The molecule has 1 aliphatic heterocycles. The monoisotopic (exact) mass is 311 g/mol. The topological polar surface area (TPSA) is 51.0 Å². The van der Waals surface area contributed by atoms with E-state index in [4.69, 9.17) is 4.52 Å². The lowest BCUT2D eigenvalue weighted by Crippen LogP contribution is -2.08. The zero-order chi connectivity index (χ0) is 12.5. The average Bonchev–Trinajstić information content (AvgIpc) is 2.99. The highest BCUT2D eigenvalue weighted by atomic mass is 79.9. The number of aromatic nitrogens is 2. The van der Waals surface area contributed by atoms with Gasteiger partial charge in [0.25, 0.3) is 0 Å². The van der Waals surface area contributed by atoms with Crippen molar-refractivity contribution in [1.82, 2.24) is 15.5 Å². The van der Waals surface area contributed by atoms with Crippen LogP contribution in [0, 0.1) is 5.82 Å². The van der Waals surface area contributed by atoms with Gasteiger partial charge in [-0.1, -0.05) is 21.1 Å². The normalized spacial score (nSPS) is 19.3. The Labute approximate surface area is 112 Å². The molecule has 1 unspecified atom stereocenters. The van der Waals surface area contributed by atoms with Crippen LogP contribution in [-0.2, 0) is 0 Å². The third-order valence-corrected chi connectivity index (χ3v) is 3.43. The number of halogens is 2. The van der Waals surface area contributed by atoms with E-state index in [2.05, 4.69) is 31.4 Å². The zero-order valence-electron chi connectivity index (χ0n) is 9.49. The van der Waals surface area contributed by atoms with E-state index >= 15 is 0 Å². The summed E-state index contributed by atoms with van der Waals surface area (Å²) in [5.41, 5.74) is 0.614. The standard InChI is InChI=1S/C12H11BrFN3O/c13-9-3-8(4-10(14)5-9)11-16-12(18-17-11)7-1-2-15-6-7/h3-5,7,15H,1-2,6H2. The number of hydrogen-bond donors (Lipinski definition) is 1. The number of hydrogen-bond acceptors (Lipinski definition) is 4. The van der Waals surface area contributed by atoms with E-state index in [0.717, 1.165) is 19.5 Å². The molecule has 1 N–H and O–H groups in total. The lowest BCUT2D eigenvalue weighted by atomic mass is 10.1. The SMILES string of the molecule is Fc1cc(Br)cc(-c2noc(C3CCNC3)n2)c1. The zero-order valence-corrected chi connectivity index (χ0v) is 11.1. The Bertz CT molecular complexity index is 546. The maximum atomic E-state index is 13.3. The van der Waals surface area contributed by atoms with Crippen molar-refractivity contribution >= 4 is 15.9 Å². The molecule has 1 aliphatic rings. The Morgan fingerprint density at radius 2 is 2.28 bits per heavy atom. The number of nitrogens with zero attached hydrogens (tertiary/aromatic N) is 2. The first kappa shape index (κ1) is 11.8. The summed E-state index contributed by atoms with van der Waals surface area (Å²) in [7, 11) is 0. The Morgan fingerprint density at radius 1 is 1.39 bits per heavy atom. The minimum Gasteiger partial charge on any atom is -0.339 e. The quantitative estimate of drug-likeness (QED) is 0.926. The summed E-state index contributed by atoms with van der Waals surface area (Å²) in [6.45, 7) is 1.82. The second-order valence-corrected chi connectivity index (χ2v) is 5.22. The molecule has 1 aromatic heterocycles. The van der Waals surface area contributed by atoms with Crippen LogP contribution in [0.2, 0.25) is 0 Å². The molecule has 1 saturated heterocycles. The third kappa shape index (κ3) is 2.30. The molecular weight excluding hydrogens is 301 g/mol. The highest BCUT2D eigenvalue weighted by Crippen LogP contribution is 2.26. The lowest BCUT2D eigenvalue weighted by Gasteiger charge is -1.99. The largest absolute Gasteiger partial charge is 0.339 e. The molecule has 1 aromatic carbocycles. The first-order valence-electron chi connectivity index (χ1n) is 5.73. The van der Waals surface area contributed by atoms with Crippen LogP contribution in [-0.4, -0.2) is 23.2 Å². The van der Waals surface area contributed by atoms with E-state index in [1.807, 2.05) is 0 Å². The van der Waals surface area contributed by atoms with Gasteiger partial charge in [-0.3, -0.25) is 0 Å². The maximum absolute atomic E-state index is 13.3. The first-order valence-corrected chi connectivity index (χ1v) is 6.52. The third-order valence-electron chi connectivity index (χ3n) is 2.97. The van der Waals surface area contributed by atoms with E-state index in [1.54, 1.807) is 6.07 Å². The van der Waals surface area contributed by atoms with Gasteiger partial charge in [0.1, 0.15) is 5.82 Å². The van der Waals surface area contributed by atoms with Crippen LogP contribution < -0.4 is 5.32 Å². The number of nitrogens with one attached hydrogen (secondary N) is 1. The molecule has 6 heteroatoms. The molecule has 1 atom stereocenters.